The molecule has 0 spiro atoms. The van der Waals surface area contributed by atoms with Crippen LogP contribution in [0.2, 0.25) is 5.02 Å². The largest absolute Gasteiger partial charge is 0.493 e. The van der Waals surface area contributed by atoms with Crippen LogP contribution in [-0.2, 0) is 4.74 Å². The number of nitrogens with zero attached hydrogens (tertiary/aromatic N) is 2. The fourth-order valence-electron chi connectivity index (χ4n) is 2.55. The first-order valence-electron chi connectivity index (χ1n) is 11.1. The molecule has 5 nitrogen and oxygen atoms in total. The molecule has 0 unspecified atom stereocenters. The van der Waals surface area contributed by atoms with E-state index in [1.54, 1.807) is 31.4 Å². The predicted octanol–water partition coefficient (Wildman–Crippen LogP) is 6.66. The van der Waals surface area contributed by atoms with Crippen LogP contribution < -0.4 is 4.74 Å². The number of fused-ring (bicyclic) bond motifs is 1. The summed E-state index contributed by atoms with van der Waals surface area (Å²) < 4.78 is 10.6. The van der Waals surface area contributed by atoms with E-state index in [0.717, 1.165) is 17.8 Å². The van der Waals surface area contributed by atoms with Crippen LogP contribution in [-0.4, -0.2) is 55.6 Å². The first kappa shape index (κ1) is 29.3. The number of benzene rings is 1. The van der Waals surface area contributed by atoms with Crippen molar-refractivity contribution >= 4 is 28.8 Å². The molecule has 0 aliphatic heterocycles. The van der Waals surface area contributed by atoms with Crippen molar-refractivity contribution in [2.75, 3.05) is 27.4 Å². The Balaban J connectivity index is 0.000000631. The zero-order chi connectivity index (χ0) is 23.8. The number of hydrogen-bond donors (Lipinski definition) is 0. The molecular formula is C25H41ClN2O3. The summed E-state index contributed by atoms with van der Waals surface area (Å²) in [6, 6.07) is 8.32. The summed E-state index contributed by atoms with van der Waals surface area (Å²) in [6.07, 6.45) is 3.97. The molecule has 0 fully saturated rings. The Hall–Kier alpha value is -1.69. The fraction of sp³-hybridized carbons (Fsp3) is 0.600. The Kier molecular flexibility index (Phi) is 16.0. The molecule has 2 aromatic rings. The molecule has 0 amide bonds. The lowest BCUT2D eigenvalue weighted by Crippen LogP contribution is -2.34. The Morgan fingerprint density at radius 2 is 1.77 bits per heavy atom. The minimum Gasteiger partial charge on any atom is -0.493 e. The monoisotopic (exact) mass is 452 g/mol. The van der Waals surface area contributed by atoms with E-state index < -0.39 is 0 Å². The fourth-order valence-corrected chi connectivity index (χ4v) is 2.72. The molecule has 0 saturated heterocycles. The number of aldehydes is 1. The number of ether oxygens (including phenoxy) is 2. The maximum atomic E-state index is 10.9. The number of aromatic nitrogens is 1. The number of methoxy groups -OCH3 is 1. The molecule has 31 heavy (non-hydrogen) atoms. The molecule has 6 heteroatoms. The lowest BCUT2D eigenvalue weighted by Gasteiger charge is -2.27. The number of pyridine rings is 1. The van der Waals surface area contributed by atoms with Gasteiger partial charge in [0.05, 0.1) is 12.1 Å². The number of carbonyl (C=O) groups is 1. The molecule has 0 radical (unpaired) electrons. The summed E-state index contributed by atoms with van der Waals surface area (Å²) in [6.45, 7) is 14.3. The van der Waals surface area contributed by atoms with Gasteiger partial charge >= 0.3 is 0 Å². The van der Waals surface area contributed by atoms with Crippen molar-refractivity contribution in [3.63, 3.8) is 0 Å². The average molecular weight is 453 g/mol. The van der Waals surface area contributed by atoms with Gasteiger partial charge in [-0.2, -0.15) is 0 Å². The van der Waals surface area contributed by atoms with Crippen molar-refractivity contribution < 1.29 is 14.3 Å². The maximum Gasteiger partial charge on any atom is 0.168 e. The van der Waals surface area contributed by atoms with Gasteiger partial charge in [-0.3, -0.25) is 4.79 Å². The zero-order valence-corrected chi connectivity index (χ0v) is 21.3. The van der Waals surface area contributed by atoms with E-state index in [1.165, 1.54) is 12.8 Å². The van der Waals surface area contributed by atoms with Crippen molar-refractivity contribution in [2.24, 2.45) is 0 Å². The van der Waals surface area contributed by atoms with Gasteiger partial charge < -0.3 is 14.4 Å². The lowest BCUT2D eigenvalue weighted by atomic mass is 10.2. The third kappa shape index (κ3) is 11.5. The smallest absolute Gasteiger partial charge is 0.168 e. The van der Waals surface area contributed by atoms with E-state index in [4.69, 9.17) is 21.1 Å². The van der Waals surface area contributed by atoms with E-state index >= 15 is 0 Å². The second-order valence-electron chi connectivity index (χ2n) is 7.74. The van der Waals surface area contributed by atoms with Gasteiger partial charge in [-0.05, 0) is 52.4 Å². The van der Waals surface area contributed by atoms with Gasteiger partial charge in [0.15, 0.2) is 6.29 Å². The summed E-state index contributed by atoms with van der Waals surface area (Å²) in [5.41, 5.74) is 1.03. The predicted molar refractivity (Wildman–Crippen MR) is 133 cm³/mol. The van der Waals surface area contributed by atoms with Crippen LogP contribution in [0.4, 0.5) is 0 Å². The molecule has 0 aliphatic carbocycles. The van der Waals surface area contributed by atoms with Crippen LogP contribution in [0.3, 0.4) is 0 Å². The summed E-state index contributed by atoms with van der Waals surface area (Å²) in [7, 11) is 3.82. The third-order valence-electron chi connectivity index (χ3n) is 4.72. The maximum absolute atomic E-state index is 10.9. The molecular weight excluding hydrogens is 412 g/mol. The highest BCUT2D eigenvalue weighted by atomic mass is 35.5. The van der Waals surface area contributed by atoms with Gasteiger partial charge in [-0.25, -0.2) is 4.98 Å². The number of carbonyl (C=O) groups excluding carboxylic acids is 1. The number of rotatable bonds is 9. The minimum absolute atomic E-state index is 0.344. The molecule has 0 saturated carbocycles. The van der Waals surface area contributed by atoms with Gasteiger partial charge in [0.1, 0.15) is 11.4 Å². The molecule has 1 aromatic heterocycles. The van der Waals surface area contributed by atoms with E-state index in [0.29, 0.717) is 47.5 Å². The topological polar surface area (TPSA) is 51.7 Å². The zero-order valence-electron chi connectivity index (χ0n) is 20.6. The number of halogens is 1. The highest BCUT2D eigenvalue weighted by Crippen LogP contribution is 2.28. The quantitative estimate of drug-likeness (QED) is 0.314. The van der Waals surface area contributed by atoms with E-state index in [-0.39, 0.29) is 0 Å². The van der Waals surface area contributed by atoms with Crippen LogP contribution in [0, 0.1) is 0 Å². The van der Waals surface area contributed by atoms with Crippen molar-refractivity contribution in [3.8, 4) is 5.75 Å². The second kappa shape index (κ2) is 16.9. The van der Waals surface area contributed by atoms with E-state index in [2.05, 4.69) is 58.5 Å². The summed E-state index contributed by atoms with van der Waals surface area (Å²) in [4.78, 5) is 17.5. The molecule has 0 bridgehead atoms. The SMILES string of the molecule is CCC.CC[C@@H](C)N(C)C(C)C.COCCCOc1cc(C=O)nc2ccc(Cl)cc12. The molecule has 176 valence electrons. The van der Waals surface area contributed by atoms with Crippen LogP contribution in [0.1, 0.15) is 71.3 Å². The molecule has 2 rings (SSSR count). The molecule has 1 atom stereocenters. The van der Waals surface area contributed by atoms with E-state index in [1.807, 2.05) is 0 Å². The van der Waals surface area contributed by atoms with Crippen molar-refractivity contribution in [2.45, 2.75) is 72.9 Å². The molecule has 1 heterocycles. The summed E-state index contributed by atoms with van der Waals surface area (Å²) in [5, 5.41) is 1.41. The Bertz CT molecular complexity index is 753. The van der Waals surface area contributed by atoms with Gasteiger partial charge in [0, 0.05) is 48.7 Å². The van der Waals surface area contributed by atoms with Crippen LogP contribution in [0.5, 0.6) is 5.75 Å². The van der Waals surface area contributed by atoms with Crippen molar-refractivity contribution in [3.05, 3.63) is 35.0 Å². The molecule has 0 aliphatic rings. The third-order valence-corrected chi connectivity index (χ3v) is 4.96. The number of hydrogen-bond acceptors (Lipinski definition) is 5. The second-order valence-corrected chi connectivity index (χ2v) is 8.18. The molecule has 0 N–H and O–H groups in total. The highest BCUT2D eigenvalue weighted by Gasteiger charge is 2.09. The van der Waals surface area contributed by atoms with E-state index in [9.17, 15) is 4.79 Å². The lowest BCUT2D eigenvalue weighted by molar-refractivity contribution is 0.111. The van der Waals surface area contributed by atoms with Gasteiger partial charge in [0.25, 0.3) is 0 Å². The first-order chi connectivity index (χ1) is 14.7. The van der Waals surface area contributed by atoms with Crippen molar-refractivity contribution in [1.82, 2.24) is 9.88 Å². The van der Waals surface area contributed by atoms with Gasteiger partial charge in [-0.15, -0.1) is 0 Å². The van der Waals surface area contributed by atoms with Crippen molar-refractivity contribution in [1.29, 1.82) is 0 Å². The summed E-state index contributed by atoms with van der Waals surface area (Å²) >= 11 is 5.98. The van der Waals surface area contributed by atoms with Gasteiger partial charge in [0.2, 0.25) is 0 Å². The molecule has 1 aromatic carbocycles. The Morgan fingerprint density at radius 3 is 2.26 bits per heavy atom. The first-order valence-corrected chi connectivity index (χ1v) is 11.5. The normalized spacial score (nSPS) is 11.5. The van der Waals surface area contributed by atoms with Crippen LogP contribution in [0.15, 0.2) is 24.3 Å². The standard InChI is InChI=1S/C14H14ClNO3.C8H19N.C3H8/c1-18-5-2-6-19-14-8-11(9-17)16-13-4-3-10(15)7-12(13)14;1-6-8(4)9(5)7(2)3;1-3-2/h3-4,7-9H,2,5-6H2,1H3;7-8H,6H2,1-5H3;3H2,1-2H3/t;8-;/m.1./s1. The highest BCUT2D eigenvalue weighted by molar-refractivity contribution is 6.31. The van der Waals surface area contributed by atoms with Crippen LogP contribution in [0.25, 0.3) is 10.9 Å². The van der Waals surface area contributed by atoms with Crippen LogP contribution >= 0.6 is 11.6 Å². The Labute approximate surface area is 194 Å². The Morgan fingerprint density at radius 1 is 1.13 bits per heavy atom. The minimum atomic E-state index is 0.344. The average Bonchev–Trinajstić information content (AvgIpc) is 2.76. The van der Waals surface area contributed by atoms with Gasteiger partial charge in [-0.1, -0.05) is 38.8 Å². The summed E-state index contributed by atoms with van der Waals surface area (Å²) in [5.74, 6) is 0.616.